The second kappa shape index (κ2) is 5.87. The van der Waals surface area contributed by atoms with Crippen LogP contribution < -0.4 is 5.32 Å². The number of aryl methyl sites for hydroxylation is 2. The van der Waals surface area contributed by atoms with Gasteiger partial charge in [-0.1, -0.05) is 0 Å². The molecule has 0 bridgehead atoms. The van der Waals surface area contributed by atoms with Crippen molar-refractivity contribution < 1.29 is 14.3 Å². The number of H-pyrrole nitrogens is 1. The molecule has 2 aromatic heterocycles. The summed E-state index contributed by atoms with van der Waals surface area (Å²) in [5, 5.41) is 9.90. The molecule has 2 aromatic rings. The van der Waals surface area contributed by atoms with Crippen LogP contribution in [0.15, 0.2) is 12.1 Å². The van der Waals surface area contributed by atoms with Crippen molar-refractivity contribution in [3.8, 4) is 0 Å². The molecule has 1 amide bonds. The predicted molar refractivity (Wildman–Crippen MR) is 76.3 cm³/mol. The molecule has 0 aliphatic rings. The number of amides is 1. The SMILES string of the molecule is CCOC(=O)c1sc(NC(=O)c2cc(C)[nH]n2)cc1C. The molecule has 0 aromatic carbocycles. The maximum atomic E-state index is 11.9. The molecule has 0 atom stereocenters. The molecule has 0 saturated heterocycles. The van der Waals surface area contributed by atoms with E-state index in [0.29, 0.717) is 22.2 Å². The Balaban J connectivity index is 2.12. The molecular weight excluding hydrogens is 278 g/mol. The third kappa shape index (κ3) is 3.05. The number of hydrogen-bond acceptors (Lipinski definition) is 5. The van der Waals surface area contributed by atoms with Crippen LogP contribution >= 0.6 is 11.3 Å². The topological polar surface area (TPSA) is 84.1 Å². The number of aromatic nitrogens is 2. The molecule has 0 radical (unpaired) electrons. The summed E-state index contributed by atoms with van der Waals surface area (Å²) in [4.78, 5) is 24.1. The molecule has 2 heterocycles. The second-order valence-corrected chi connectivity index (χ2v) is 5.29. The van der Waals surface area contributed by atoms with Crippen molar-refractivity contribution in [1.29, 1.82) is 0 Å². The van der Waals surface area contributed by atoms with E-state index >= 15 is 0 Å². The van der Waals surface area contributed by atoms with Crippen LogP contribution in [0.3, 0.4) is 0 Å². The highest BCUT2D eigenvalue weighted by Crippen LogP contribution is 2.27. The smallest absolute Gasteiger partial charge is 0.348 e. The van der Waals surface area contributed by atoms with Crippen molar-refractivity contribution in [1.82, 2.24) is 10.2 Å². The number of ether oxygens (including phenoxy) is 1. The van der Waals surface area contributed by atoms with Crippen molar-refractivity contribution in [2.75, 3.05) is 11.9 Å². The van der Waals surface area contributed by atoms with Gasteiger partial charge in [0.1, 0.15) is 4.88 Å². The van der Waals surface area contributed by atoms with Gasteiger partial charge in [0.05, 0.1) is 11.6 Å². The van der Waals surface area contributed by atoms with E-state index in [1.807, 2.05) is 6.92 Å². The fourth-order valence-electron chi connectivity index (χ4n) is 1.65. The number of hydrogen-bond donors (Lipinski definition) is 2. The molecule has 0 unspecified atom stereocenters. The van der Waals surface area contributed by atoms with Gasteiger partial charge in [0, 0.05) is 5.69 Å². The van der Waals surface area contributed by atoms with Gasteiger partial charge in [0.25, 0.3) is 5.91 Å². The average Bonchev–Trinajstić information content (AvgIpc) is 2.96. The fraction of sp³-hybridized carbons (Fsp3) is 0.308. The van der Waals surface area contributed by atoms with Gasteiger partial charge in [-0.05, 0) is 38.5 Å². The quantitative estimate of drug-likeness (QED) is 0.848. The van der Waals surface area contributed by atoms with E-state index in [4.69, 9.17) is 4.74 Å². The number of esters is 1. The van der Waals surface area contributed by atoms with Gasteiger partial charge in [-0.2, -0.15) is 5.10 Å². The predicted octanol–water partition coefficient (Wildman–Crippen LogP) is 2.52. The molecule has 20 heavy (non-hydrogen) atoms. The normalized spacial score (nSPS) is 10.3. The van der Waals surface area contributed by atoms with Gasteiger partial charge in [0.15, 0.2) is 5.69 Å². The van der Waals surface area contributed by atoms with Crippen LogP contribution in [0.2, 0.25) is 0 Å². The molecule has 0 spiro atoms. The van der Waals surface area contributed by atoms with Gasteiger partial charge in [-0.3, -0.25) is 9.89 Å². The van der Waals surface area contributed by atoms with E-state index in [2.05, 4.69) is 15.5 Å². The average molecular weight is 293 g/mol. The highest BCUT2D eigenvalue weighted by molar-refractivity contribution is 7.18. The number of nitrogens with one attached hydrogen (secondary N) is 2. The molecular formula is C13H15N3O3S. The zero-order chi connectivity index (χ0) is 14.7. The van der Waals surface area contributed by atoms with Crippen LogP contribution in [0.5, 0.6) is 0 Å². The molecule has 6 nitrogen and oxygen atoms in total. The fourth-order valence-corrected chi connectivity index (χ4v) is 2.61. The van der Waals surface area contributed by atoms with Crippen LogP contribution in [-0.2, 0) is 4.74 Å². The highest BCUT2D eigenvalue weighted by atomic mass is 32.1. The lowest BCUT2D eigenvalue weighted by Gasteiger charge is -1.99. The van der Waals surface area contributed by atoms with Crippen LogP contribution in [0, 0.1) is 13.8 Å². The Morgan fingerprint density at radius 2 is 2.15 bits per heavy atom. The number of anilines is 1. The minimum atomic E-state index is -0.369. The molecule has 2 rings (SSSR count). The number of carbonyl (C=O) groups is 2. The molecule has 2 N–H and O–H groups in total. The highest BCUT2D eigenvalue weighted by Gasteiger charge is 2.17. The van der Waals surface area contributed by atoms with Gasteiger partial charge >= 0.3 is 5.97 Å². The van der Waals surface area contributed by atoms with Gasteiger partial charge in [-0.15, -0.1) is 11.3 Å². The van der Waals surface area contributed by atoms with Crippen LogP contribution in [0.1, 0.15) is 38.3 Å². The largest absolute Gasteiger partial charge is 0.462 e. The van der Waals surface area contributed by atoms with Crippen molar-refractivity contribution in [2.45, 2.75) is 20.8 Å². The summed E-state index contributed by atoms with van der Waals surface area (Å²) >= 11 is 1.19. The van der Waals surface area contributed by atoms with Crippen molar-refractivity contribution in [3.05, 3.63) is 34.0 Å². The minimum absolute atomic E-state index is 0.311. The van der Waals surface area contributed by atoms with Gasteiger partial charge in [-0.25, -0.2) is 4.79 Å². The van der Waals surface area contributed by atoms with E-state index in [1.54, 1.807) is 26.0 Å². The van der Waals surface area contributed by atoms with Gasteiger partial charge < -0.3 is 10.1 Å². The van der Waals surface area contributed by atoms with E-state index < -0.39 is 0 Å². The van der Waals surface area contributed by atoms with Crippen molar-refractivity contribution in [3.63, 3.8) is 0 Å². The first-order chi connectivity index (χ1) is 9.51. The molecule has 0 aliphatic carbocycles. The van der Waals surface area contributed by atoms with E-state index in [-0.39, 0.29) is 11.9 Å². The Bertz CT molecular complexity index is 645. The summed E-state index contributed by atoms with van der Waals surface area (Å²) < 4.78 is 4.96. The first kappa shape index (κ1) is 14.3. The first-order valence-corrected chi connectivity index (χ1v) is 6.93. The number of aromatic amines is 1. The van der Waals surface area contributed by atoms with Crippen LogP contribution in [-0.4, -0.2) is 28.7 Å². The molecule has 0 saturated carbocycles. The van der Waals surface area contributed by atoms with E-state index in [9.17, 15) is 9.59 Å². The number of carbonyl (C=O) groups excluding carboxylic acids is 2. The Labute approximate surface area is 120 Å². The maximum absolute atomic E-state index is 11.9. The molecule has 0 fully saturated rings. The summed E-state index contributed by atoms with van der Waals surface area (Å²) in [5.41, 5.74) is 1.90. The number of nitrogens with zero attached hydrogens (tertiary/aromatic N) is 1. The van der Waals surface area contributed by atoms with Crippen molar-refractivity contribution in [2.24, 2.45) is 0 Å². The molecule has 0 aliphatic heterocycles. The second-order valence-electron chi connectivity index (χ2n) is 4.23. The molecule has 106 valence electrons. The summed E-state index contributed by atoms with van der Waals surface area (Å²) in [7, 11) is 0. The minimum Gasteiger partial charge on any atom is -0.462 e. The monoisotopic (exact) mass is 293 g/mol. The number of rotatable bonds is 4. The Hall–Kier alpha value is -2.15. The summed E-state index contributed by atoms with van der Waals surface area (Å²) in [5.74, 6) is -0.683. The first-order valence-electron chi connectivity index (χ1n) is 6.12. The summed E-state index contributed by atoms with van der Waals surface area (Å²) in [6, 6.07) is 3.40. The Morgan fingerprint density at radius 1 is 1.40 bits per heavy atom. The standard InChI is InChI=1S/C13H15N3O3S/c1-4-19-13(18)11-7(2)5-10(20-11)14-12(17)9-6-8(3)15-16-9/h5-6H,4H2,1-3H3,(H,14,17)(H,15,16). The van der Waals surface area contributed by atoms with E-state index in [0.717, 1.165) is 11.3 Å². The summed E-state index contributed by atoms with van der Waals surface area (Å²) in [6.45, 7) is 5.70. The zero-order valence-corrected chi connectivity index (χ0v) is 12.3. The summed E-state index contributed by atoms with van der Waals surface area (Å²) in [6.07, 6.45) is 0. The van der Waals surface area contributed by atoms with E-state index in [1.165, 1.54) is 11.3 Å². The van der Waals surface area contributed by atoms with Crippen LogP contribution in [0.4, 0.5) is 5.00 Å². The zero-order valence-electron chi connectivity index (χ0n) is 11.4. The third-order valence-corrected chi connectivity index (χ3v) is 3.69. The lowest BCUT2D eigenvalue weighted by molar-refractivity contribution is 0.0531. The Kier molecular flexibility index (Phi) is 4.19. The Morgan fingerprint density at radius 3 is 2.75 bits per heavy atom. The lowest BCUT2D eigenvalue weighted by Crippen LogP contribution is -2.11. The van der Waals surface area contributed by atoms with Crippen LogP contribution in [0.25, 0.3) is 0 Å². The molecule has 7 heteroatoms. The number of thiophene rings is 1. The lowest BCUT2D eigenvalue weighted by atomic mass is 10.3. The maximum Gasteiger partial charge on any atom is 0.348 e. The van der Waals surface area contributed by atoms with Gasteiger partial charge in [0.2, 0.25) is 0 Å². The van der Waals surface area contributed by atoms with Crippen molar-refractivity contribution >= 4 is 28.2 Å². The third-order valence-electron chi connectivity index (χ3n) is 2.55.